The van der Waals surface area contributed by atoms with Crippen LogP contribution in [-0.4, -0.2) is 40.0 Å². The Labute approximate surface area is 187 Å². The van der Waals surface area contributed by atoms with Crippen LogP contribution in [0.25, 0.3) is 16.8 Å². The summed E-state index contributed by atoms with van der Waals surface area (Å²) in [7, 11) is 2.75. The molecular formula is C22H18ClN5O4. The molecule has 0 radical (unpaired) electrons. The second kappa shape index (κ2) is 7.61. The Morgan fingerprint density at radius 1 is 1.25 bits per heavy atom. The summed E-state index contributed by atoms with van der Waals surface area (Å²) < 4.78 is 11.6. The molecule has 3 heterocycles. The van der Waals surface area contributed by atoms with Gasteiger partial charge in [0, 0.05) is 23.0 Å². The highest BCUT2D eigenvalue weighted by molar-refractivity contribution is 6.32. The van der Waals surface area contributed by atoms with E-state index in [4.69, 9.17) is 16.3 Å². The molecule has 1 amide bonds. The van der Waals surface area contributed by atoms with Crippen molar-refractivity contribution in [1.82, 2.24) is 14.6 Å². The summed E-state index contributed by atoms with van der Waals surface area (Å²) in [5, 5.41) is 20.9. The molecule has 2 aromatic carbocycles. The van der Waals surface area contributed by atoms with Crippen LogP contribution in [0.3, 0.4) is 0 Å². The number of phenolic OH excluding ortho intramolecular Hbond substituents is 1. The van der Waals surface area contributed by atoms with E-state index in [0.717, 1.165) is 27.9 Å². The van der Waals surface area contributed by atoms with E-state index in [2.05, 4.69) is 25.5 Å². The Kier molecular flexibility index (Phi) is 4.75. The third-order valence-corrected chi connectivity index (χ3v) is 5.63. The highest BCUT2D eigenvalue weighted by Crippen LogP contribution is 2.44. The third kappa shape index (κ3) is 3.14. The van der Waals surface area contributed by atoms with Crippen LogP contribution in [-0.2, 0) is 4.74 Å². The summed E-state index contributed by atoms with van der Waals surface area (Å²) in [5.41, 5.74) is 4.77. The largest absolute Gasteiger partial charge is 0.503 e. The fraction of sp³-hybridized carbons (Fsp3) is 0.136. The van der Waals surface area contributed by atoms with Crippen molar-refractivity contribution in [2.45, 2.75) is 6.04 Å². The Hall–Kier alpha value is -3.98. The van der Waals surface area contributed by atoms with Crippen molar-refractivity contribution >= 4 is 34.8 Å². The summed E-state index contributed by atoms with van der Waals surface area (Å²) in [4.78, 5) is 16.3. The molecule has 1 atom stereocenters. The number of hydrogen-bond donors (Lipinski definition) is 3. The number of amides is 1. The van der Waals surface area contributed by atoms with Gasteiger partial charge in [-0.25, -0.2) is 14.3 Å². The van der Waals surface area contributed by atoms with E-state index in [0.29, 0.717) is 5.69 Å². The third-order valence-electron chi connectivity index (χ3n) is 5.34. The van der Waals surface area contributed by atoms with Gasteiger partial charge in [-0.3, -0.25) is 5.32 Å². The van der Waals surface area contributed by atoms with Crippen molar-refractivity contribution in [3.63, 3.8) is 0 Å². The van der Waals surface area contributed by atoms with Gasteiger partial charge in [0.05, 0.1) is 30.8 Å². The number of para-hydroxylation sites is 1. The molecule has 10 heteroatoms. The number of aromatic hydroxyl groups is 1. The van der Waals surface area contributed by atoms with Gasteiger partial charge in [0.25, 0.3) is 5.95 Å². The Morgan fingerprint density at radius 3 is 2.84 bits per heavy atom. The van der Waals surface area contributed by atoms with Crippen LogP contribution < -0.4 is 15.4 Å². The fourth-order valence-electron chi connectivity index (χ4n) is 3.89. The van der Waals surface area contributed by atoms with E-state index in [1.54, 1.807) is 22.8 Å². The van der Waals surface area contributed by atoms with Gasteiger partial charge in [-0.2, -0.15) is 0 Å². The molecular weight excluding hydrogens is 434 g/mol. The molecule has 32 heavy (non-hydrogen) atoms. The first-order chi connectivity index (χ1) is 15.5. The lowest BCUT2D eigenvalue weighted by molar-refractivity contribution is 0.186. The highest BCUT2D eigenvalue weighted by Gasteiger charge is 2.28. The molecule has 9 nitrogen and oxygen atoms in total. The summed E-state index contributed by atoms with van der Waals surface area (Å²) in [5.74, 6) is 0.275. The molecule has 162 valence electrons. The van der Waals surface area contributed by atoms with Crippen molar-refractivity contribution in [1.29, 1.82) is 0 Å². The maximum Gasteiger partial charge on any atom is 0.413 e. The average Bonchev–Trinajstić information content (AvgIpc) is 3.16. The van der Waals surface area contributed by atoms with E-state index in [1.165, 1.54) is 14.2 Å². The number of anilines is 2. The van der Waals surface area contributed by atoms with Gasteiger partial charge in [0.1, 0.15) is 5.69 Å². The van der Waals surface area contributed by atoms with Crippen LogP contribution in [0.1, 0.15) is 17.2 Å². The number of hydrogen-bond acceptors (Lipinski definition) is 7. The first-order valence-electron chi connectivity index (χ1n) is 9.66. The minimum absolute atomic E-state index is 0.115. The predicted molar refractivity (Wildman–Crippen MR) is 120 cm³/mol. The highest BCUT2D eigenvalue weighted by atomic mass is 35.5. The number of benzene rings is 2. The van der Waals surface area contributed by atoms with Gasteiger partial charge in [-0.1, -0.05) is 29.8 Å². The maximum atomic E-state index is 11.7. The van der Waals surface area contributed by atoms with E-state index < -0.39 is 6.09 Å². The summed E-state index contributed by atoms with van der Waals surface area (Å²) in [6.45, 7) is 0. The lowest BCUT2D eigenvalue weighted by Crippen LogP contribution is -2.15. The Morgan fingerprint density at radius 2 is 2.06 bits per heavy atom. The molecule has 4 aromatic rings. The first-order valence-corrected chi connectivity index (χ1v) is 10.0. The molecule has 0 aliphatic carbocycles. The molecule has 2 aromatic heterocycles. The standard InChI is InChI=1S/C22H18ClN5O4/c1-31-16-10-11(9-14(23)20(16)29)17-13-7-8-28-19(13)18(12-5-3-4-6-15(12)24-17)25-21(27-28)26-22(30)32-2/h3-10,17,24,29H,1-2H3,(H,26,27,30). The van der Waals surface area contributed by atoms with Gasteiger partial charge in [-0.15, -0.1) is 5.10 Å². The Bertz CT molecular complexity index is 1370. The van der Waals surface area contributed by atoms with Crippen LogP contribution >= 0.6 is 11.6 Å². The topological polar surface area (TPSA) is 110 Å². The van der Waals surface area contributed by atoms with E-state index >= 15 is 0 Å². The molecule has 1 aliphatic rings. The van der Waals surface area contributed by atoms with Crippen LogP contribution in [0.4, 0.5) is 16.4 Å². The van der Waals surface area contributed by atoms with Gasteiger partial charge in [-0.05, 0) is 29.8 Å². The Balaban J connectivity index is 1.76. The van der Waals surface area contributed by atoms with Gasteiger partial charge < -0.3 is 19.9 Å². The minimum Gasteiger partial charge on any atom is -0.503 e. The lowest BCUT2D eigenvalue weighted by Gasteiger charge is -2.20. The number of rotatable bonds is 3. The number of nitrogens with one attached hydrogen (secondary N) is 2. The van der Waals surface area contributed by atoms with Gasteiger partial charge >= 0.3 is 6.09 Å². The zero-order valence-electron chi connectivity index (χ0n) is 17.1. The number of methoxy groups -OCH3 is 2. The normalized spacial score (nSPS) is 14.3. The van der Waals surface area contributed by atoms with Crippen molar-refractivity contribution in [2.24, 2.45) is 0 Å². The molecule has 0 spiro atoms. The number of fused-ring (bicyclic) bond motifs is 2. The zero-order valence-corrected chi connectivity index (χ0v) is 17.8. The molecule has 3 N–H and O–H groups in total. The van der Waals surface area contributed by atoms with Crippen LogP contribution in [0.15, 0.2) is 48.7 Å². The lowest BCUT2D eigenvalue weighted by atomic mass is 9.99. The van der Waals surface area contributed by atoms with E-state index in [-0.39, 0.29) is 28.5 Å². The number of nitrogens with zero attached hydrogens (tertiary/aromatic N) is 3. The number of ether oxygens (including phenoxy) is 2. The number of aromatic nitrogens is 3. The zero-order chi connectivity index (χ0) is 22.4. The van der Waals surface area contributed by atoms with Gasteiger partial charge in [0.2, 0.25) is 0 Å². The van der Waals surface area contributed by atoms with Gasteiger partial charge in [0.15, 0.2) is 11.5 Å². The molecule has 1 aliphatic heterocycles. The van der Waals surface area contributed by atoms with Crippen molar-refractivity contribution in [3.05, 3.63) is 64.8 Å². The quantitative estimate of drug-likeness (QED) is 0.422. The van der Waals surface area contributed by atoms with E-state index in [9.17, 15) is 9.90 Å². The molecule has 0 fully saturated rings. The van der Waals surface area contributed by atoms with Crippen molar-refractivity contribution in [2.75, 3.05) is 24.9 Å². The number of carbonyl (C=O) groups excluding carboxylic acids is 1. The summed E-state index contributed by atoms with van der Waals surface area (Å²) in [6.07, 6.45) is 1.13. The van der Waals surface area contributed by atoms with Crippen molar-refractivity contribution in [3.8, 4) is 22.8 Å². The molecule has 0 saturated heterocycles. The number of carbonyl (C=O) groups is 1. The predicted octanol–water partition coefficient (Wildman–Crippen LogP) is 4.46. The average molecular weight is 452 g/mol. The number of phenols is 1. The minimum atomic E-state index is -0.660. The number of halogens is 1. The second-order valence-electron chi connectivity index (χ2n) is 7.14. The second-order valence-corrected chi connectivity index (χ2v) is 7.55. The van der Waals surface area contributed by atoms with E-state index in [1.807, 2.05) is 30.3 Å². The fourth-order valence-corrected chi connectivity index (χ4v) is 4.11. The maximum absolute atomic E-state index is 11.7. The van der Waals surface area contributed by atoms with Crippen LogP contribution in [0, 0.1) is 0 Å². The first kappa shape index (κ1) is 20.0. The molecule has 0 bridgehead atoms. The van der Waals surface area contributed by atoms with Crippen molar-refractivity contribution < 1.29 is 19.4 Å². The van der Waals surface area contributed by atoms with Crippen LogP contribution in [0.2, 0.25) is 5.02 Å². The smallest absolute Gasteiger partial charge is 0.413 e. The summed E-state index contributed by atoms with van der Waals surface area (Å²) in [6, 6.07) is 12.7. The molecule has 1 unspecified atom stereocenters. The SMILES string of the molecule is COC(=O)Nc1nc2c3c(ccn3n1)C(c1cc(Cl)c(O)c(OC)c1)Nc1ccccc1-2. The monoisotopic (exact) mass is 451 g/mol. The summed E-state index contributed by atoms with van der Waals surface area (Å²) >= 11 is 6.28. The molecule has 5 rings (SSSR count). The van der Waals surface area contributed by atoms with Crippen LogP contribution in [0.5, 0.6) is 11.5 Å². The molecule has 0 saturated carbocycles.